The van der Waals surface area contributed by atoms with E-state index in [0.29, 0.717) is 19.6 Å². The molecule has 0 spiro atoms. The zero-order valence-electron chi connectivity index (χ0n) is 15.1. The molecule has 3 rings (SSSR count). The molecule has 138 valence electrons. The first-order valence-corrected chi connectivity index (χ1v) is 9.58. The summed E-state index contributed by atoms with van der Waals surface area (Å²) in [7, 11) is 1.81. The highest BCUT2D eigenvalue weighted by atomic mass is 32.2. The van der Waals surface area contributed by atoms with Crippen LogP contribution < -0.4 is 10.1 Å². The maximum absolute atomic E-state index is 13.8. The van der Waals surface area contributed by atoms with Gasteiger partial charge in [-0.15, -0.1) is 0 Å². The van der Waals surface area contributed by atoms with Gasteiger partial charge in [0.15, 0.2) is 12.8 Å². The number of nitrogens with zero attached hydrogens (tertiary/aromatic N) is 2. The lowest BCUT2D eigenvalue weighted by molar-refractivity contribution is -0.0172. The molecule has 0 radical (unpaired) electrons. The van der Waals surface area contributed by atoms with Crippen LogP contribution in [0.1, 0.15) is 25.0 Å². The largest absolute Gasteiger partial charge is 0.467 e. The summed E-state index contributed by atoms with van der Waals surface area (Å²) in [5.41, 5.74) is 1.65. The van der Waals surface area contributed by atoms with Crippen LogP contribution in [0.2, 0.25) is 0 Å². The molecular formula is C18H26FN3O2S. The highest BCUT2D eigenvalue weighted by Gasteiger charge is 2.28. The van der Waals surface area contributed by atoms with Gasteiger partial charge in [-0.25, -0.2) is 4.39 Å². The van der Waals surface area contributed by atoms with Crippen molar-refractivity contribution < 1.29 is 13.9 Å². The van der Waals surface area contributed by atoms with Crippen molar-refractivity contribution >= 4 is 17.7 Å². The van der Waals surface area contributed by atoms with E-state index in [4.69, 9.17) is 9.47 Å². The van der Waals surface area contributed by atoms with Crippen molar-refractivity contribution in [3.63, 3.8) is 0 Å². The molecule has 0 aliphatic carbocycles. The summed E-state index contributed by atoms with van der Waals surface area (Å²) in [6.45, 7) is 7.77. The monoisotopic (exact) mass is 367 g/mol. The van der Waals surface area contributed by atoms with Crippen molar-refractivity contribution in [3.8, 4) is 5.75 Å². The average molecular weight is 367 g/mol. The van der Waals surface area contributed by atoms with Gasteiger partial charge in [0.25, 0.3) is 0 Å². The molecule has 1 aromatic carbocycles. The Bertz CT molecular complexity index is 651. The van der Waals surface area contributed by atoms with E-state index in [9.17, 15) is 4.39 Å². The first-order chi connectivity index (χ1) is 12.0. The van der Waals surface area contributed by atoms with Crippen molar-refractivity contribution in [2.24, 2.45) is 4.99 Å². The summed E-state index contributed by atoms with van der Waals surface area (Å²) >= 11 is 2.00. The Balaban J connectivity index is 1.61. The SMILES string of the molecule is CN=C(NCCc1cc(F)cc2c1OCOC2)N1CCSC(C)(C)C1. The third-order valence-corrected chi connectivity index (χ3v) is 5.66. The Morgan fingerprint density at radius 1 is 1.44 bits per heavy atom. The number of halogens is 1. The molecule has 1 aromatic rings. The number of hydrogen-bond donors (Lipinski definition) is 1. The van der Waals surface area contributed by atoms with Crippen LogP contribution in [0.3, 0.4) is 0 Å². The van der Waals surface area contributed by atoms with Crippen molar-refractivity contribution in [2.75, 3.05) is 39.2 Å². The lowest BCUT2D eigenvalue weighted by Gasteiger charge is -2.39. The van der Waals surface area contributed by atoms with Crippen LogP contribution in [0.5, 0.6) is 5.75 Å². The number of ether oxygens (including phenoxy) is 2. The first kappa shape index (κ1) is 18.3. The van der Waals surface area contributed by atoms with Crippen LogP contribution in [0, 0.1) is 5.82 Å². The van der Waals surface area contributed by atoms with Gasteiger partial charge in [0, 0.05) is 42.7 Å². The molecule has 1 N–H and O–H groups in total. The van der Waals surface area contributed by atoms with E-state index in [-0.39, 0.29) is 17.4 Å². The van der Waals surface area contributed by atoms with Gasteiger partial charge in [0.2, 0.25) is 0 Å². The van der Waals surface area contributed by atoms with Crippen molar-refractivity contribution in [2.45, 2.75) is 31.6 Å². The third-order valence-electron chi connectivity index (χ3n) is 4.37. The van der Waals surface area contributed by atoms with Gasteiger partial charge in [0.05, 0.1) is 6.61 Å². The predicted octanol–water partition coefficient (Wildman–Crippen LogP) is 2.64. The maximum Gasteiger partial charge on any atom is 0.193 e. The smallest absolute Gasteiger partial charge is 0.193 e. The lowest BCUT2D eigenvalue weighted by atomic mass is 10.1. The highest BCUT2D eigenvalue weighted by molar-refractivity contribution is 8.00. The van der Waals surface area contributed by atoms with E-state index in [1.807, 2.05) is 18.8 Å². The second-order valence-electron chi connectivity index (χ2n) is 6.92. The van der Waals surface area contributed by atoms with Gasteiger partial charge in [-0.3, -0.25) is 4.99 Å². The van der Waals surface area contributed by atoms with Crippen LogP contribution >= 0.6 is 11.8 Å². The molecular weight excluding hydrogens is 341 g/mol. The van der Waals surface area contributed by atoms with Gasteiger partial charge < -0.3 is 19.7 Å². The highest BCUT2D eigenvalue weighted by Crippen LogP contribution is 2.30. The van der Waals surface area contributed by atoms with Gasteiger partial charge in [-0.1, -0.05) is 0 Å². The molecule has 1 saturated heterocycles. The number of thioether (sulfide) groups is 1. The topological polar surface area (TPSA) is 46.1 Å². The van der Waals surface area contributed by atoms with E-state index in [0.717, 1.165) is 41.7 Å². The fourth-order valence-corrected chi connectivity index (χ4v) is 4.39. The van der Waals surface area contributed by atoms with Crippen molar-refractivity contribution in [3.05, 3.63) is 29.1 Å². The second kappa shape index (κ2) is 7.83. The quantitative estimate of drug-likeness (QED) is 0.657. The normalized spacial score (nSPS) is 20.0. The van der Waals surface area contributed by atoms with E-state index in [1.54, 1.807) is 6.07 Å². The fraction of sp³-hybridized carbons (Fsp3) is 0.611. The van der Waals surface area contributed by atoms with Gasteiger partial charge in [0.1, 0.15) is 11.6 Å². The van der Waals surface area contributed by atoms with Crippen LogP contribution in [-0.2, 0) is 17.8 Å². The lowest BCUT2D eigenvalue weighted by Crippen LogP contribution is -2.51. The molecule has 0 amide bonds. The van der Waals surface area contributed by atoms with Gasteiger partial charge in [-0.05, 0) is 38.0 Å². The minimum Gasteiger partial charge on any atom is -0.467 e. The Morgan fingerprint density at radius 2 is 2.28 bits per heavy atom. The Hall–Kier alpha value is -1.47. The molecule has 0 saturated carbocycles. The summed E-state index contributed by atoms with van der Waals surface area (Å²) in [5, 5.41) is 3.41. The molecule has 0 aromatic heterocycles. The minimum absolute atomic E-state index is 0.223. The Morgan fingerprint density at radius 3 is 3.04 bits per heavy atom. The Kier molecular flexibility index (Phi) is 5.74. The fourth-order valence-electron chi connectivity index (χ4n) is 3.28. The maximum atomic E-state index is 13.8. The zero-order valence-corrected chi connectivity index (χ0v) is 15.9. The van der Waals surface area contributed by atoms with E-state index in [1.165, 1.54) is 6.07 Å². The molecule has 0 atom stereocenters. The molecule has 5 nitrogen and oxygen atoms in total. The Labute approximate surface area is 153 Å². The summed E-state index contributed by atoms with van der Waals surface area (Å²) in [4.78, 5) is 6.70. The number of aliphatic imine (C=N–C) groups is 1. The van der Waals surface area contributed by atoms with Crippen molar-refractivity contribution in [1.82, 2.24) is 10.2 Å². The molecule has 25 heavy (non-hydrogen) atoms. The molecule has 7 heteroatoms. The second-order valence-corrected chi connectivity index (χ2v) is 8.72. The number of fused-ring (bicyclic) bond motifs is 1. The van der Waals surface area contributed by atoms with Crippen LogP contribution in [0.15, 0.2) is 17.1 Å². The van der Waals surface area contributed by atoms with E-state index in [2.05, 4.69) is 29.1 Å². The van der Waals surface area contributed by atoms with E-state index >= 15 is 0 Å². The van der Waals surface area contributed by atoms with Crippen LogP contribution in [0.25, 0.3) is 0 Å². The standard InChI is InChI=1S/C18H26FN3O2S/c1-18(2)11-22(6-7-25-18)17(20-3)21-5-4-13-8-15(19)9-14-10-23-12-24-16(13)14/h8-9H,4-7,10-12H2,1-3H3,(H,20,21). The van der Waals surface area contributed by atoms with Crippen molar-refractivity contribution in [1.29, 1.82) is 0 Å². The van der Waals surface area contributed by atoms with E-state index < -0.39 is 0 Å². The van der Waals surface area contributed by atoms with Gasteiger partial charge in [-0.2, -0.15) is 11.8 Å². The summed E-state index contributed by atoms with van der Waals surface area (Å²) in [5.74, 6) is 2.52. The van der Waals surface area contributed by atoms with Gasteiger partial charge >= 0.3 is 0 Å². The number of guanidine groups is 1. The molecule has 2 aliphatic rings. The number of hydrogen-bond acceptors (Lipinski definition) is 4. The number of rotatable bonds is 3. The third kappa shape index (κ3) is 4.58. The van der Waals surface area contributed by atoms with Crippen LogP contribution in [-0.4, -0.2) is 54.8 Å². The number of nitrogens with one attached hydrogen (secondary N) is 1. The molecule has 0 bridgehead atoms. The molecule has 1 fully saturated rings. The molecule has 2 aliphatic heterocycles. The molecule has 0 unspecified atom stereocenters. The molecule has 2 heterocycles. The summed E-state index contributed by atoms with van der Waals surface area (Å²) in [6, 6.07) is 3.03. The zero-order chi connectivity index (χ0) is 17.9. The predicted molar refractivity (Wildman–Crippen MR) is 99.9 cm³/mol. The van der Waals surface area contributed by atoms with Crippen LogP contribution in [0.4, 0.5) is 4.39 Å². The minimum atomic E-state index is -0.248. The first-order valence-electron chi connectivity index (χ1n) is 8.60. The summed E-state index contributed by atoms with van der Waals surface area (Å²) < 4.78 is 24.9. The number of benzene rings is 1. The summed E-state index contributed by atoms with van der Waals surface area (Å²) in [6.07, 6.45) is 0.672. The average Bonchev–Trinajstić information content (AvgIpc) is 2.57.